The zero-order chi connectivity index (χ0) is 19.4. The van der Waals surface area contributed by atoms with E-state index in [0.29, 0.717) is 39.3 Å². The fourth-order valence-electron chi connectivity index (χ4n) is 2.57. The van der Waals surface area contributed by atoms with Crippen molar-refractivity contribution >= 4 is 40.2 Å². The van der Waals surface area contributed by atoms with Crippen LogP contribution in [0, 0.1) is 0 Å². The number of ether oxygens (including phenoxy) is 3. The summed E-state index contributed by atoms with van der Waals surface area (Å²) >= 11 is 6.06. The fourth-order valence-corrected chi connectivity index (χ4v) is 2.79. The zero-order valence-electron chi connectivity index (χ0n) is 15.0. The summed E-state index contributed by atoms with van der Waals surface area (Å²) in [4.78, 5) is 12.2. The first-order valence-corrected chi connectivity index (χ1v) is 8.40. The van der Waals surface area contributed by atoms with Crippen LogP contribution in [0.25, 0.3) is 17.0 Å². The van der Waals surface area contributed by atoms with E-state index in [0.717, 1.165) is 5.39 Å². The number of anilines is 1. The molecule has 0 aliphatic heterocycles. The Bertz CT molecular complexity index is 1010. The van der Waals surface area contributed by atoms with Crippen molar-refractivity contribution in [2.75, 3.05) is 26.6 Å². The molecular weight excluding hydrogens is 370 g/mol. The SMILES string of the molecule is COc1ccc(NC(=O)C=Cc2cc3cc(Cl)cc(OC)c3o2)c(OC)c1. The lowest BCUT2D eigenvalue weighted by Gasteiger charge is -2.10. The molecule has 0 bridgehead atoms. The Morgan fingerprint density at radius 2 is 1.81 bits per heavy atom. The number of fused-ring (bicyclic) bond motifs is 1. The number of carbonyl (C=O) groups is 1. The van der Waals surface area contributed by atoms with E-state index in [9.17, 15) is 4.79 Å². The van der Waals surface area contributed by atoms with Crippen LogP contribution in [0.5, 0.6) is 17.2 Å². The molecule has 3 rings (SSSR count). The number of nitrogens with one attached hydrogen (secondary N) is 1. The summed E-state index contributed by atoms with van der Waals surface area (Å²) in [5, 5.41) is 4.08. The molecule has 0 spiro atoms. The van der Waals surface area contributed by atoms with E-state index < -0.39 is 0 Å². The molecule has 1 N–H and O–H groups in total. The van der Waals surface area contributed by atoms with Gasteiger partial charge in [0.05, 0.1) is 27.0 Å². The molecule has 0 saturated carbocycles. The minimum absolute atomic E-state index is 0.330. The number of benzene rings is 2. The monoisotopic (exact) mass is 387 g/mol. The number of hydrogen-bond acceptors (Lipinski definition) is 5. The van der Waals surface area contributed by atoms with Gasteiger partial charge in [-0.05, 0) is 30.3 Å². The third-order valence-corrected chi connectivity index (χ3v) is 4.07. The summed E-state index contributed by atoms with van der Waals surface area (Å²) in [6.07, 6.45) is 2.94. The van der Waals surface area contributed by atoms with Gasteiger partial charge in [-0.2, -0.15) is 0 Å². The smallest absolute Gasteiger partial charge is 0.248 e. The first-order chi connectivity index (χ1) is 13.0. The average molecular weight is 388 g/mol. The standard InChI is InChI=1S/C20H18ClNO5/c1-24-14-4-6-16(17(11-14)25-2)22-19(23)7-5-15-9-12-8-13(21)10-18(26-3)20(12)27-15/h4-11H,1-3H3,(H,22,23). The van der Waals surface area contributed by atoms with Crippen molar-refractivity contribution in [1.82, 2.24) is 0 Å². The normalized spacial score (nSPS) is 11.0. The molecule has 0 aliphatic rings. The van der Waals surface area contributed by atoms with Crippen molar-refractivity contribution in [2.24, 2.45) is 0 Å². The first-order valence-electron chi connectivity index (χ1n) is 8.02. The summed E-state index contributed by atoms with van der Waals surface area (Å²) in [6, 6.07) is 10.3. The van der Waals surface area contributed by atoms with Crippen LogP contribution in [0.1, 0.15) is 5.76 Å². The number of rotatable bonds is 6. The van der Waals surface area contributed by atoms with Gasteiger partial charge in [0.1, 0.15) is 17.3 Å². The number of halogens is 1. The van der Waals surface area contributed by atoms with Gasteiger partial charge < -0.3 is 23.9 Å². The Morgan fingerprint density at radius 3 is 2.52 bits per heavy atom. The van der Waals surface area contributed by atoms with Crippen molar-refractivity contribution in [3.05, 3.63) is 53.3 Å². The number of hydrogen-bond donors (Lipinski definition) is 1. The van der Waals surface area contributed by atoms with Gasteiger partial charge >= 0.3 is 0 Å². The van der Waals surface area contributed by atoms with E-state index in [4.69, 9.17) is 30.2 Å². The summed E-state index contributed by atoms with van der Waals surface area (Å²) in [5.41, 5.74) is 1.10. The van der Waals surface area contributed by atoms with Crippen LogP contribution < -0.4 is 19.5 Å². The highest BCUT2D eigenvalue weighted by Gasteiger charge is 2.10. The predicted molar refractivity (Wildman–Crippen MR) is 105 cm³/mol. The maximum Gasteiger partial charge on any atom is 0.248 e. The molecular formula is C20H18ClNO5. The highest BCUT2D eigenvalue weighted by atomic mass is 35.5. The van der Waals surface area contributed by atoms with Crippen molar-refractivity contribution in [3.63, 3.8) is 0 Å². The van der Waals surface area contributed by atoms with Crippen LogP contribution >= 0.6 is 11.6 Å². The molecule has 6 nitrogen and oxygen atoms in total. The van der Waals surface area contributed by atoms with Crippen LogP contribution in [0.15, 0.2) is 46.9 Å². The summed E-state index contributed by atoms with van der Waals surface area (Å²) in [6.45, 7) is 0. The molecule has 1 aromatic heterocycles. The van der Waals surface area contributed by atoms with E-state index in [1.165, 1.54) is 13.2 Å². The molecule has 1 amide bonds. The molecule has 2 aromatic carbocycles. The molecule has 1 heterocycles. The van der Waals surface area contributed by atoms with E-state index >= 15 is 0 Å². The Labute approximate surface area is 161 Å². The third kappa shape index (κ3) is 4.17. The van der Waals surface area contributed by atoms with Crippen LogP contribution in [0.3, 0.4) is 0 Å². The summed E-state index contributed by atoms with van der Waals surface area (Å²) < 4.78 is 21.4. The van der Waals surface area contributed by atoms with Crippen LogP contribution in [-0.2, 0) is 4.79 Å². The van der Waals surface area contributed by atoms with Gasteiger partial charge in [-0.1, -0.05) is 11.6 Å². The van der Waals surface area contributed by atoms with Gasteiger partial charge in [0.2, 0.25) is 5.91 Å². The summed E-state index contributed by atoms with van der Waals surface area (Å²) in [7, 11) is 4.62. The Morgan fingerprint density at radius 1 is 1.04 bits per heavy atom. The predicted octanol–water partition coefficient (Wildman–Crippen LogP) is 4.76. The van der Waals surface area contributed by atoms with E-state index in [2.05, 4.69) is 5.32 Å². The van der Waals surface area contributed by atoms with Crippen molar-refractivity contribution < 1.29 is 23.4 Å². The second-order valence-corrected chi connectivity index (χ2v) is 6.00. The number of methoxy groups -OCH3 is 3. The number of amides is 1. The minimum atomic E-state index is -0.330. The van der Waals surface area contributed by atoms with Crippen LogP contribution in [0.4, 0.5) is 5.69 Å². The lowest BCUT2D eigenvalue weighted by atomic mass is 10.2. The zero-order valence-corrected chi connectivity index (χ0v) is 15.8. The quantitative estimate of drug-likeness (QED) is 0.617. The molecule has 7 heteroatoms. The second-order valence-electron chi connectivity index (χ2n) is 5.56. The van der Waals surface area contributed by atoms with Crippen molar-refractivity contribution in [2.45, 2.75) is 0 Å². The number of carbonyl (C=O) groups excluding carboxylic acids is 1. The van der Waals surface area contributed by atoms with Gasteiger partial charge in [-0.25, -0.2) is 0 Å². The third-order valence-electron chi connectivity index (χ3n) is 3.85. The molecule has 0 atom stereocenters. The lowest BCUT2D eigenvalue weighted by molar-refractivity contribution is -0.111. The molecule has 0 radical (unpaired) electrons. The van der Waals surface area contributed by atoms with Crippen LogP contribution in [0.2, 0.25) is 5.02 Å². The number of furan rings is 1. The van der Waals surface area contributed by atoms with Gasteiger partial charge in [-0.15, -0.1) is 0 Å². The lowest BCUT2D eigenvalue weighted by Crippen LogP contribution is -2.08. The molecule has 140 valence electrons. The Hall–Kier alpha value is -3.12. The van der Waals surface area contributed by atoms with E-state index in [-0.39, 0.29) is 5.91 Å². The maximum absolute atomic E-state index is 12.2. The van der Waals surface area contributed by atoms with Gasteiger partial charge in [0, 0.05) is 28.6 Å². The van der Waals surface area contributed by atoms with Gasteiger partial charge in [0.15, 0.2) is 11.3 Å². The van der Waals surface area contributed by atoms with Gasteiger partial charge in [0.25, 0.3) is 0 Å². The van der Waals surface area contributed by atoms with E-state index in [1.54, 1.807) is 56.7 Å². The van der Waals surface area contributed by atoms with E-state index in [1.807, 2.05) is 0 Å². The van der Waals surface area contributed by atoms with Gasteiger partial charge in [-0.3, -0.25) is 4.79 Å². The molecule has 0 unspecified atom stereocenters. The molecule has 27 heavy (non-hydrogen) atoms. The molecule has 0 aliphatic carbocycles. The van der Waals surface area contributed by atoms with Crippen molar-refractivity contribution in [3.8, 4) is 17.2 Å². The molecule has 0 saturated heterocycles. The average Bonchev–Trinajstić information content (AvgIpc) is 3.08. The Kier molecular flexibility index (Phi) is 5.57. The topological polar surface area (TPSA) is 69.9 Å². The summed E-state index contributed by atoms with van der Waals surface area (Å²) in [5.74, 6) is 1.84. The molecule has 0 fully saturated rings. The first kappa shape index (κ1) is 18.7. The van der Waals surface area contributed by atoms with Crippen molar-refractivity contribution in [1.29, 1.82) is 0 Å². The highest BCUT2D eigenvalue weighted by Crippen LogP contribution is 2.33. The van der Waals surface area contributed by atoms with Crippen LogP contribution in [-0.4, -0.2) is 27.2 Å². The molecule has 3 aromatic rings. The minimum Gasteiger partial charge on any atom is -0.497 e. The fraction of sp³-hybridized carbons (Fsp3) is 0.150. The highest BCUT2D eigenvalue weighted by molar-refractivity contribution is 6.31. The largest absolute Gasteiger partial charge is 0.497 e. The maximum atomic E-state index is 12.2. The second kappa shape index (κ2) is 8.05. The Balaban J connectivity index is 1.78.